The number of aryl methyl sites for hydroxylation is 1. The zero-order valence-electron chi connectivity index (χ0n) is 13.5. The van der Waals surface area contributed by atoms with Gasteiger partial charge in [-0.3, -0.25) is 14.5 Å². The molecule has 2 amide bonds. The molecule has 23 heavy (non-hydrogen) atoms. The molecule has 1 heterocycles. The maximum atomic E-state index is 12.3. The number of carboxylic acids is 1. The number of hydrogen-bond acceptors (Lipinski definition) is 4. The maximum absolute atomic E-state index is 12.3. The highest BCUT2D eigenvalue weighted by Gasteiger charge is 2.35. The van der Waals surface area contributed by atoms with E-state index in [2.05, 4.69) is 5.32 Å². The van der Waals surface area contributed by atoms with Crippen LogP contribution in [0.2, 0.25) is 0 Å². The van der Waals surface area contributed by atoms with Gasteiger partial charge in [-0.1, -0.05) is 6.07 Å². The van der Waals surface area contributed by atoms with Crippen molar-refractivity contribution >= 4 is 23.5 Å². The normalized spacial score (nSPS) is 17.3. The van der Waals surface area contributed by atoms with Gasteiger partial charge in [0.1, 0.15) is 17.8 Å². The van der Waals surface area contributed by atoms with Gasteiger partial charge in [-0.05, 0) is 45.4 Å². The van der Waals surface area contributed by atoms with Crippen molar-refractivity contribution in [3.05, 3.63) is 23.8 Å². The van der Waals surface area contributed by atoms with E-state index in [4.69, 9.17) is 9.84 Å². The summed E-state index contributed by atoms with van der Waals surface area (Å²) in [4.78, 5) is 36.9. The van der Waals surface area contributed by atoms with Crippen LogP contribution in [-0.4, -0.2) is 41.1 Å². The Kier molecular flexibility index (Phi) is 4.31. The number of fused-ring (bicyclic) bond motifs is 1. The Labute approximate surface area is 134 Å². The first-order valence-electron chi connectivity index (χ1n) is 7.25. The summed E-state index contributed by atoms with van der Waals surface area (Å²) >= 11 is 0. The van der Waals surface area contributed by atoms with Crippen LogP contribution in [0.25, 0.3) is 0 Å². The predicted molar refractivity (Wildman–Crippen MR) is 83.5 cm³/mol. The number of aliphatic carboxylic acids is 1. The molecule has 0 saturated carbocycles. The number of carboxylic acid groups (broad SMARTS) is 1. The molecule has 1 unspecified atom stereocenters. The van der Waals surface area contributed by atoms with Gasteiger partial charge in [-0.15, -0.1) is 0 Å². The fourth-order valence-electron chi connectivity index (χ4n) is 2.27. The second-order valence-electron chi connectivity index (χ2n) is 6.13. The van der Waals surface area contributed by atoms with Gasteiger partial charge in [-0.2, -0.15) is 0 Å². The molecule has 0 saturated heterocycles. The van der Waals surface area contributed by atoms with Crippen molar-refractivity contribution in [3.8, 4) is 5.75 Å². The third-order valence-corrected chi connectivity index (χ3v) is 3.61. The molecule has 1 aromatic rings. The van der Waals surface area contributed by atoms with Crippen molar-refractivity contribution in [2.24, 2.45) is 0 Å². The van der Waals surface area contributed by atoms with Crippen LogP contribution in [-0.2, 0) is 14.4 Å². The van der Waals surface area contributed by atoms with Crippen molar-refractivity contribution in [2.75, 3.05) is 11.4 Å². The number of rotatable bonds is 4. The third-order valence-electron chi connectivity index (χ3n) is 3.61. The van der Waals surface area contributed by atoms with E-state index in [1.54, 1.807) is 19.1 Å². The van der Waals surface area contributed by atoms with Gasteiger partial charge in [-0.25, -0.2) is 4.79 Å². The lowest BCUT2D eigenvalue weighted by Gasteiger charge is -2.33. The van der Waals surface area contributed by atoms with E-state index in [0.717, 1.165) is 5.56 Å². The average molecular weight is 320 g/mol. The van der Waals surface area contributed by atoms with Crippen LogP contribution in [0.15, 0.2) is 18.2 Å². The van der Waals surface area contributed by atoms with Crippen molar-refractivity contribution in [3.63, 3.8) is 0 Å². The average Bonchev–Trinajstić information content (AvgIpc) is 2.44. The molecule has 1 aliphatic rings. The van der Waals surface area contributed by atoms with Crippen molar-refractivity contribution in [1.29, 1.82) is 0 Å². The van der Waals surface area contributed by atoms with Crippen LogP contribution in [0.5, 0.6) is 5.75 Å². The SMILES string of the molecule is Cc1ccc2c(c1)N(CC(=O)NC(C)(C)C(=O)O)C(=O)C(C)O2. The van der Waals surface area contributed by atoms with Crippen LogP contribution in [0.4, 0.5) is 5.69 Å². The molecule has 7 nitrogen and oxygen atoms in total. The minimum atomic E-state index is -1.41. The van der Waals surface area contributed by atoms with E-state index >= 15 is 0 Å². The van der Waals surface area contributed by atoms with Gasteiger partial charge in [0.15, 0.2) is 6.10 Å². The molecule has 0 aliphatic carbocycles. The van der Waals surface area contributed by atoms with Gasteiger partial charge in [0.25, 0.3) is 5.91 Å². The van der Waals surface area contributed by atoms with E-state index in [1.165, 1.54) is 18.7 Å². The monoisotopic (exact) mass is 320 g/mol. The van der Waals surface area contributed by atoms with Crippen LogP contribution in [0, 0.1) is 6.92 Å². The molecule has 0 radical (unpaired) electrons. The Morgan fingerprint density at radius 1 is 1.39 bits per heavy atom. The highest BCUT2D eigenvalue weighted by molar-refractivity contribution is 6.04. The molecule has 2 rings (SSSR count). The molecule has 0 fully saturated rings. The van der Waals surface area contributed by atoms with E-state index in [-0.39, 0.29) is 12.5 Å². The van der Waals surface area contributed by atoms with E-state index < -0.39 is 23.5 Å². The Morgan fingerprint density at radius 2 is 2.04 bits per heavy atom. The lowest BCUT2D eigenvalue weighted by Crippen LogP contribution is -2.55. The molecule has 7 heteroatoms. The first-order chi connectivity index (χ1) is 10.6. The first kappa shape index (κ1) is 16.8. The second-order valence-corrected chi connectivity index (χ2v) is 6.13. The standard InChI is InChI=1S/C16H20N2O5/c1-9-5-6-12-11(7-9)18(14(20)10(2)23-12)8-13(19)17-16(3,4)15(21)22/h5-7,10H,8H2,1-4H3,(H,17,19)(H,21,22). The summed E-state index contributed by atoms with van der Waals surface area (Å²) in [5, 5.41) is 11.5. The molecular formula is C16H20N2O5. The molecule has 2 N–H and O–H groups in total. The summed E-state index contributed by atoms with van der Waals surface area (Å²) in [6.45, 7) is 5.98. The van der Waals surface area contributed by atoms with Gasteiger partial charge < -0.3 is 15.2 Å². The van der Waals surface area contributed by atoms with Gasteiger partial charge in [0, 0.05) is 0 Å². The lowest BCUT2D eigenvalue weighted by atomic mass is 10.1. The zero-order valence-corrected chi connectivity index (χ0v) is 13.5. The number of nitrogens with zero attached hydrogens (tertiary/aromatic N) is 1. The first-order valence-corrected chi connectivity index (χ1v) is 7.25. The summed E-state index contributed by atoms with van der Waals surface area (Å²) in [7, 11) is 0. The van der Waals surface area contributed by atoms with E-state index in [0.29, 0.717) is 11.4 Å². The summed E-state index contributed by atoms with van der Waals surface area (Å²) in [5.41, 5.74) is 0.0235. The highest BCUT2D eigenvalue weighted by atomic mass is 16.5. The number of benzene rings is 1. The number of hydrogen-bond donors (Lipinski definition) is 2. The van der Waals surface area contributed by atoms with E-state index in [1.807, 2.05) is 13.0 Å². The fraction of sp³-hybridized carbons (Fsp3) is 0.438. The molecule has 0 aromatic heterocycles. The third kappa shape index (κ3) is 3.44. The van der Waals surface area contributed by atoms with Crippen molar-refractivity contribution < 1.29 is 24.2 Å². The summed E-state index contributed by atoms with van der Waals surface area (Å²) in [5.74, 6) is -1.52. The topological polar surface area (TPSA) is 95.9 Å². The summed E-state index contributed by atoms with van der Waals surface area (Å²) in [6, 6.07) is 5.36. The number of ether oxygens (including phenoxy) is 1. The Balaban J connectivity index is 2.25. The van der Waals surface area contributed by atoms with Crippen molar-refractivity contribution in [2.45, 2.75) is 39.3 Å². The maximum Gasteiger partial charge on any atom is 0.328 e. The smallest absolute Gasteiger partial charge is 0.328 e. The quantitative estimate of drug-likeness (QED) is 0.866. The summed E-state index contributed by atoms with van der Waals surface area (Å²) in [6.07, 6.45) is -0.703. The summed E-state index contributed by atoms with van der Waals surface area (Å²) < 4.78 is 5.53. The van der Waals surface area contributed by atoms with E-state index in [9.17, 15) is 14.4 Å². The number of carbonyl (C=O) groups is 3. The molecular weight excluding hydrogens is 300 g/mol. The molecule has 1 aromatic carbocycles. The van der Waals surface area contributed by atoms with Crippen molar-refractivity contribution in [1.82, 2.24) is 5.32 Å². The predicted octanol–water partition coefficient (Wildman–Crippen LogP) is 1.09. The number of carbonyl (C=O) groups excluding carboxylic acids is 2. The Hall–Kier alpha value is -2.57. The molecule has 0 spiro atoms. The van der Waals surface area contributed by atoms with Crippen LogP contribution in [0.3, 0.4) is 0 Å². The van der Waals surface area contributed by atoms with Crippen LogP contribution < -0.4 is 15.0 Å². The van der Waals surface area contributed by atoms with Crippen LogP contribution >= 0.6 is 0 Å². The largest absolute Gasteiger partial charge is 0.480 e. The second kappa shape index (κ2) is 5.91. The molecule has 1 atom stereocenters. The van der Waals surface area contributed by atoms with Gasteiger partial charge >= 0.3 is 5.97 Å². The number of anilines is 1. The molecule has 1 aliphatic heterocycles. The lowest BCUT2D eigenvalue weighted by molar-refractivity contribution is -0.145. The molecule has 0 bridgehead atoms. The Bertz CT molecular complexity index is 668. The molecule has 124 valence electrons. The minimum absolute atomic E-state index is 0.264. The highest BCUT2D eigenvalue weighted by Crippen LogP contribution is 2.34. The minimum Gasteiger partial charge on any atom is -0.480 e. The van der Waals surface area contributed by atoms with Gasteiger partial charge in [0.2, 0.25) is 5.91 Å². The number of amides is 2. The number of nitrogens with one attached hydrogen (secondary N) is 1. The van der Waals surface area contributed by atoms with Crippen LogP contribution in [0.1, 0.15) is 26.3 Å². The van der Waals surface area contributed by atoms with Gasteiger partial charge in [0.05, 0.1) is 5.69 Å². The fourth-order valence-corrected chi connectivity index (χ4v) is 2.27. The Morgan fingerprint density at radius 3 is 2.65 bits per heavy atom. The zero-order chi connectivity index (χ0) is 17.4.